The summed E-state index contributed by atoms with van der Waals surface area (Å²) in [5.74, 6) is 0.936. The van der Waals surface area contributed by atoms with E-state index >= 15 is 0 Å². The minimum Gasteiger partial charge on any atom is -0.480 e. The van der Waals surface area contributed by atoms with Gasteiger partial charge in [-0.15, -0.1) is 11.5 Å². The minimum absolute atomic E-state index is 0.0196. The van der Waals surface area contributed by atoms with Crippen molar-refractivity contribution >= 4 is 25.9 Å². The van der Waals surface area contributed by atoms with Crippen LogP contribution in [0.3, 0.4) is 0 Å². The first-order valence-electron chi connectivity index (χ1n) is 9.67. The number of carbonyl (C=O) groups excluding carboxylic acids is 2. The second-order valence-electron chi connectivity index (χ2n) is 8.72. The highest BCUT2D eigenvalue weighted by molar-refractivity contribution is 6.87. The van der Waals surface area contributed by atoms with Crippen molar-refractivity contribution in [3.05, 3.63) is 35.9 Å². The van der Waals surface area contributed by atoms with Gasteiger partial charge in [0.15, 0.2) is 0 Å². The molecule has 7 heteroatoms. The topological polar surface area (TPSA) is 95.5 Å². The SMILES string of the molecule is CC(=O)N[C@H](Cc1ccccc1)C(=O)N[C@@H](CC#C[Si](C)(C)C(C)(C)C)C(=O)O. The number of carboxylic acids is 1. The molecule has 1 aromatic carbocycles. The zero-order chi connectivity index (χ0) is 22.2. The molecule has 0 spiro atoms. The van der Waals surface area contributed by atoms with Gasteiger partial charge in [0.25, 0.3) is 0 Å². The third-order valence-electron chi connectivity index (χ3n) is 5.17. The van der Waals surface area contributed by atoms with Crippen LogP contribution >= 0.6 is 0 Å². The van der Waals surface area contributed by atoms with E-state index in [4.69, 9.17) is 0 Å². The van der Waals surface area contributed by atoms with Gasteiger partial charge in [0.2, 0.25) is 11.8 Å². The molecule has 0 saturated heterocycles. The third kappa shape index (κ3) is 8.12. The maximum atomic E-state index is 12.7. The molecule has 2 atom stereocenters. The van der Waals surface area contributed by atoms with Crippen LogP contribution in [0.25, 0.3) is 0 Å². The van der Waals surface area contributed by atoms with Crippen molar-refractivity contribution in [2.45, 2.75) is 70.8 Å². The van der Waals surface area contributed by atoms with Crippen molar-refractivity contribution in [1.82, 2.24) is 10.6 Å². The van der Waals surface area contributed by atoms with Crippen LogP contribution in [0.2, 0.25) is 18.1 Å². The Morgan fingerprint density at radius 2 is 1.66 bits per heavy atom. The van der Waals surface area contributed by atoms with Gasteiger partial charge < -0.3 is 15.7 Å². The number of rotatable bonds is 7. The molecule has 0 aliphatic rings. The van der Waals surface area contributed by atoms with Crippen LogP contribution in [0, 0.1) is 11.5 Å². The largest absolute Gasteiger partial charge is 0.480 e. The Labute approximate surface area is 174 Å². The Kier molecular flexibility index (Phi) is 8.65. The van der Waals surface area contributed by atoms with Gasteiger partial charge in [-0.3, -0.25) is 9.59 Å². The minimum atomic E-state index is -1.86. The Morgan fingerprint density at radius 1 is 1.07 bits per heavy atom. The molecule has 0 radical (unpaired) electrons. The molecular formula is C22H32N2O4Si. The van der Waals surface area contributed by atoms with Crippen LogP contribution in [0.1, 0.15) is 39.7 Å². The van der Waals surface area contributed by atoms with E-state index in [2.05, 4.69) is 56.0 Å². The quantitative estimate of drug-likeness (QED) is 0.470. The lowest BCUT2D eigenvalue weighted by Gasteiger charge is -2.31. The van der Waals surface area contributed by atoms with E-state index in [1.807, 2.05) is 30.3 Å². The number of carboxylic acid groups (broad SMARTS) is 1. The molecule has 0 aliphatic carbocycles. The summed E-state index contributed by atoms with van der Waals surface area (Å²) in [6.45, 7) is 12.0. The number of aliphatic carboxylic acids is 1. The number of hydrogen-bond donors (Lipinski definition) is 3. The number of nitrogens with one attached hydrogen (secondary N) is 2. The molecule has 0 fully saturated rings. The predicted octanol–water partition coefficient (Wildman–Crippen LogP) is 2.74. The zero-order valence-corrected chi connectivity index (χ0v) is 19.1. The standard InChI is InChI=1S/C22H32N2O4Si/c1-16(25)23-19(15-17-11-8-7-9-12-17)20(26)24-18(21(27)28)13-10-14-29(5,6)22(2,3)4/h7-9,11-12,18-19H,13,15H2,1-6H3,(H,23,25)(H,24,26)(H,27,28)/t18-,19+/m0/s1. The van der Waals surface area contributed by atoms with Crippen molar-refractivity contribution in [2.24, 2.45) is 0 Å². The first-order chi connectivity index (χ1) is 13.3. The van der Waals surface area contributed by atoms with Gasteiger partial charge in [-0.25, -0.2) is 4.79 Å². The van der Waals surface area contributed by atoms with Crippen LogP contribution in [0.5, 0.6) is 0 Å². The molecule has 29 heavy (non-hydrogen) atoms. The van der Waals surface area contributed by atoms with Crippen molar-refractivity contribution in [2.75, 3.05) is 0 Å². The Morgan fingerprint density at radius 3 is 2.14 bits per heavy atom. The van der Waals surface area contributed by atoms with E-state index in [0.717, 1.165) is 5.56 Å². The highest BCUT2D eigenvalue weighted by atomic mass is 28.3. The Hall–Kier alpha value is -2.59. The van der Waals surface area contributed by atoms with Gasteiger partial charge in [-0.2, -0.15) is 0 Å². The molecule has 0 aliphatic heterocycles. The van der Waals surface area contributed by atoms with Crippen molar-refractivity contribution < 1.29 is 19.5 Å². The van der Waals surface area contributed by atoms with E-state index in [1.54, 1.807) is 0 Å². The Balaban J connectivity index is 2.90. The Bertz CT molecular complexity index is 789. The fraction of sp³-hybridized carbons (Fsp3) is 0.500. The molecule has 0 unspecified atom stereocenters. The highest BCUT2D eigenvalue weighted by Crippen LogP contribution is 2.35. The first-order valence-corrected chi connectivity index (χ1v) is 12.7. The summed E-state index contributed by atoms with van der Waals surface area (Å²) in [5.41, 5.74) is 4.13. The fourth-order valence-corrected chi connectivity index (χ4v) is 3.26. The molecule has 1 rings (SSSR count). The lowest BCUT2D eigenvalue weighted by Crippen LogP contribution is -2.52. The van der Waals surface area contributed by atoms with Crippen molar-refractivity contribution in [3.8, 4) is 11.5 Å². The summed E-state index contributed by atoms with van der Waals surface area (Å²) < 4.78 is 0. The van der Waals surface area contributed by atoms with Crippen LogP contribution < -0.4 is 10.6 Å². The van der Waals surface area contributed by atoms with Gasteiger partial charge in [0.1, 0.15) is 20.2 Å². The lowest BCUT2D eigenvalue weighted by atomic mass is 10.0. The van der Waals surface area contributed by atoms with Crippen LogP contribution in [-0.4, -0.2) is 43.0 Å². The van der Waals surface area contributed by atoms with Gasteiger partial charge in [0.05, 0.1) is 0 Å². The summed E-state index contributed by atoms with van der Waals surface area (Å²) >= 11 is 0. The van der Waals surface area contributed by atoms with E-state index in [0.29, 0.717) is 0 Å². The van der Waals surface area contributed by atoms with E-state index < -0.39 is 32.0 Å². The molecule has 158 valence electrons. The summed E-state index contributed by atoms with van der Waals surface area (Å²) in [4.78, 5) is 35.8. The van der Waals surface area contributed by atoms with Crippen LogP contribution in [0.4, 0.5) is 0 Å². The maximum absolute atomic E-state index is 12.7. The van der Waals surface area contributed by atoms with E-state index in [1.165, 1.54) is 6.92 Å². The van der Waals surface area contributed by atoms with Crippen molar-refractivity contribution in [3.63, 3.8) is 0 Å². The fourth-order valence-electron chi connectivity index (χ4n) is 2.34. The summed E-state index contributed by atoms with van der Waals surface area (Å²) in [7, 11) is -1.86. The maximum Gasteiger partial charge on any atom is 0.327 e. The molecule has 3 N–H and O–H groups in total. The number of carbonyl (C=O) groups is 3. The third-order valence-corrected chi connectivity index (χ3v) is 9.73. The number of amides is 2. The van der Waals surface area contributed by atoms with Crippen LogP contribution in [-0.2, 0) is 20.8 Å². The van der Waals surface area contributed by atoms with E-state index in [9.17, 15) is 19.5 Å². The summed E-state index contributed by atoms with van der Waals surface area (Å²) in [5, 5.41) is 14.7. The molecule has 0 saturated carbocycles. The lowest BCUT2D eigenvalue weighted by molar-refractivity contribution is -0.142. The van der Waals surface area contributed by atoms with Gasteiger partial charge >= 0.3 is 5.97 Å². The molecule has 0 aromatic heterocycles. The smallest absolute Gasteiger partial charge is 0.327 e. The average Bonchev–Trinajstić information content (AvgIpc) is 2.59. The molecule has 0 bridgehead atoms. The second-order valence-corrected chi connectivity index (χ2v) is 13.7. The van der Waals surface area contributed by atoms with Gasteiger partial charge in [-0.1, -0.05) is 64.2 Å². The average molecular weight is 417 g/mol. The normalized spacial score (nSPS) is 13.4. The number of hydrogen-bond acceptors (Lipinski definition) is 3. The molecule has 2 amide bonds. The van der Waals surface area contributed by atoms with Gasteiger partial charge in [-0.05, 0) is 10.6 Å². The predicted molar refractivity (Wildman–Crippen MR) is 117 cm³/mol. The van der Waals surface area contributed by atoms with Crippen molar-refractivity contribution in [1.29, 1.82) is 0 Å². The summed E-state index contributed by atoms with van der Waals surface area (Å²) in [6, 6.07) is 7.25. The van der Waals surface area contributed by atoms with Crippen LogP contribution in [0.15, 0.2) is 30.3 Å². The zero-order valence-electron chi connectivity index (χ0n) is 18.1. The molecule has 1 aromatic rings. The molecule has 6 nitrogen and oxygen atoms in total. The first kappa shape index (κ1) is 24.4. The molecular weight excluding hydrogens is 384 g/mol. The summed E-state index contributed by atoms with van der Waals surface area (Å²) in [6.07, 6.45) is 0.292. The number of benzene rings is 1. The monoisotopic (exact) mass is 416 g/mol. The van der Waals surface area contributed by atoms with E-state index in [-0.39, 0.29) is 23.8 Å². The van der Waals surface area contributed by atoms with Gasteiger partial charge in [0, 0.05) is 19.8 Å². The second kappa shape index (κ2) is 10.3. The highest BCUT2D eigenvalue weighted by Gasteiger charge is 2.34. The molecule has 0 heterocycles.